The Bertz CT molecular complexity index is 854. The maximum Gasteiger partial charge on any atom is 0.559 e. The zero-order valence-electron chi connectivity index (χ0n) is 22.7. The summed E-state index contributed by atoms with van der Waals surface area (Å²) in [5.74, 6) is 0. The monoisotopic (exact) mass is 626 g/mol. The van der Waals surface area contributed by atoms with Gasteiger partial charge in [-0.3, -0.25) is 0 Å². The fourth-order valence-electron chi connectivity index (χ4n) is 3.30. The lowest BCUT2D eigenvalue weighted by molar-refractivity contribution is -0.890. The highest BCUT2D eigenvalue weighted by Crippen LogP contribution is 2.36. The van der Waals surface area contributed by atoms with Crippen molar-refractivity contribution in [1.82, 2.24) is 0 Å². The van der Waals surface area contributed by atoms with Gasteiger partial charge in [0, 0.05) is 31.2 Å². The highest BCUT2D eigenvalue weighted by Gasteiger charge is 2.53. The third kappa shape index (κ3) is 11.9. The number of halogens is 6. The van der Waals surface area contributed by atoms with Crippen molar-refractivity contribution in [2.75, 3.05) is 26.3 Å². The minimum absolute atomic E-state index is 0.184. The van der Waals surface area contributed by atoms with Crippen LogP contribution in [0.4, 0.5) is 26.3 Å². The molecule has 0 aromatic carbocycles. The molecule has 0 radical (unpaired) electrons. The van der Waals surface area contributed by atoms with Gasteiger partial charge in [0.1, 0.15) is 6.17 Å². The number of sulfonamides is 2. The van der Waals surface area contributed by atoms with Crippen molar-refractivity contribution in [3.63, 3.8) is 0 Å². The molecule has 0 saturated carbocycles. The molecule has 3 unspecified atom stereocenters. The summed E-state index contributed by atoms with van der Waals surface area (Å²) in [4.78, 5) is 0. The van der Waals surface area contributed by atoms with E-state index in [0.717, 1.165) is 34.0 Å². The van der Waals surface area contributed by atoms with Gasteiger partial charge in [-0.1, -0.05) is 20.8 Å². The van der Waals surface area contributed by atoms with E-state index < -0.39 is 39.9 Å². The Kier molecular flexibility index (Phi) is 14.2. The van der Waals surface area contributed by atoms with Crippen LogP contribution in [0.25, 0.3) is 4.13 Å². The van der Waals surface area contributed by atoms with Crippen molar-refractivity contribution in [2.45, 2.75) is 103 Å². The van der Waals surface area contributed by atoms with Gasteiger partial charge in [0.25, 0.3) is 0 Å². The van der Waals surface area contributed by atoms with Crippen LogP contribution in [0.2, 0.25) is 0 Å². The van der Waals surface area contributed by atoms with Crippen LogP contribution in [-0.4, -0.2) is 85.8 Å². The van der Waals surface area contributed by atoms with Gasteiger partial charge in [-0.2, -0.15) is 26.3 Å². The zero-order chi connectivity index (χ0) is 30.2. The van der Waals surface area contributed by atoms with E-state index in [1.54, 1.807) is 0 Å². The molecule has 0 spiro atoms. The Morgan fingerprint density at radius 3 is 1.26 bits per heavy atom. The number of nitrogens with zero attached hydrogens (tertiary/aromatic N) is 2. The van der Waals surface area contributed by atoms with E-state index in [2.05, 4.69) is 48.6 Å². The number of alkyl halides is 6. The lowest BCUT2D eigenvalue weighted by atomic mass is 10.3. The standard InChI is InChI=1S/C18H40NO3Si.C2F6NO4S2/c1-8-16(4)20-23(21-17(5)9-2,22-18(6)10-3)15-19(7)13-11-12-14-19;3-1(4,5)14(10,11)9-15(12,13)2(6,7)8/h16-18H,8-15H2,1-7H3;/q+1;-1. The Hall–Kier alpha value is -0.503. The first-order valence-corrected chi connectivity index (χ1v) is 17.0. The Morgan fingerprint density at radius 1 is 0.737 bits per heavy atom. The van der Waals surface area contributed by atoms with Crippen molar-refractivity contribution in [3.8, 4) is 0 Å². The summed E-state index contributed by atoms with van der Waals surface area (Å²) in [6.45, 7) is 15.4. The average Bonchev–Trinajstić information content (AvgIpc) is 3.16. The third-order valence-electron chi connectivity index (χ3n) is 5.87. The molecule has 0 aromatic rings. The maximum absolute atomic E-state index is 11.4. The van der Waals surface area contributed by atoms with E-state index in [4.69, 9.17) is 13.3 Å². The fraction of sp³-hybridized carbons (Fsp3) is 1.00. The number of hydrogen-bond acceptors (Lipinski definition) is 7. The van der Waals surface area contributed by atoms with Crippen LogP contribution in [0.15, 0.2) is 0 Å². The minimum atomic E-state index is -6.72. The summed E-state index contributed by atoms with van der Waals surface area (Å²) in [6.07, 6.45) is 7.04. The Labute approximate surface area is 223 Å². The first-order chi connectivity index (χ1) is 17.0. The molecule has 38 heavy (non-hydrogen) atoms. The predicted octanol–water partition coefficient (Wildman–Crippen LogP) is 5.21. The zero-order valence-corrected chi connectivity index (χ0v) is 25.4. The van der Waals surface area contributed by atoms with Crippen LogP contribution in [0.3, 0.4) is 0 Å². The normalized spacial score (nSPS) is 20.7. The molecule has 3 atom stereocenters. The molecule has 0 aliphatic carbocycles. The van der Waals surface area contributed by atoms with Gasteiger partial charge in [0.05, 0.1) is 20.1 Å². The SMILES string of the molecule is CCC(C)O[Si](C[N+]1(C)CCCC1)(OC(C)CC)OC(C)CC.O=S(=O)([N-]S(=O)(=O)C(F)(F)F)C(F)(F)F. The average molecular weight is 627 g/mol. The van der Waals surface area contributed by atoms with Crippen LogP contribution in [0.1, 0.15) is 73.6 Å². The van der Waals surface area contributed by atoms with Gasteiger partial charge in [0.15, 0.2) is 20.0 Å². The molecule has 9 nitrogen and oxygen atoms in total. The highest BCUT2D eigenvalue weighted by molar-refractivity contribution is 8.13. The van der Waals surface area contributed by atoms with E-state index in [1.165, 1.54) is 25.9 Å². The largest absolute Gasteiger partial charge is 0.559 e. The van der Waals surface area contributed by atoms with Gasteiger partial charge in [-0.05, 0) is 40.0 Å². The van der Waals surface area contributed by atoms with E-state index in [9.17, 15) is 43.2 Å². The summed E-state index contributed by atoms with van der Waals surface area (Å²) in [7, 11) is -13.8. The molecule has 1 rings (SSSR count). The third-order valence-corrected chi connectivity index (χ3v) is 12.0. The molecule has 1 fully saturated rings. The quantitative estimate of drug-likeness (QED) is 0.157. The number of quaternary nitrogens is 1. The second-order valence-corrected chi connectivity index (χ2v) is 15.4. The summed E-state index contributed by atoms with van der Waals surface area (Å²) in [5, 5.41) is 0. The number of rotatable bonds is 13. The lowest BCUT2D eigenvalue weighted by Gasteiger charge is -2.41. The summed E-state index contributed by atoms with van der Waals surface area (Å²) >= 11 is 0. The number of hydrogen-bond donors (Lipinski definition) is 0. The predicted molar refractivity (Wildman–Crippen MR) is 132 cm³/mol. The first-order valence-electron chi connectivity index (χ1n) is 12.2. The van der Waals surface area contributed by atoms with Crippen LogP contribution in [0.5, 0.6) is 0 Å². The second-order valence-electron chi connectivity index (χ2n) is 9.54. The van der Waals surface area contributed by atoms with Gasteiger partial charge >= 0.3 is 19.8 Å². The smallest absolute Gasteiger partial charge is 0.421 e. The van der Waals surface area contributed by atoms with Crippen LogP contribution in [-0.2, 0) is 33.3 Å². The topological polar surface area (TPSA) is 110 Å². The summed E-state index contributed by atoms with van der Waals surface area (Å²) in [6, 6.07) is 0. The summed E-state index contributed by atoms with van der Waals surface area (Å²) in [5.41, 5.74) is -12.4. The molecule has 1 aliphatic heterocycles. The summed E-state index contributed by atoms with van der Waals surface area (Å²) < 4.78 is 130. The molecular formula is C20H40F6N2O7S2Si. The van der Waals surface area contributed by atoms with Crippen LogP contribution < -0.4 is 0 Å². The molecule has 0 N–H and O–H groups in total. The van der Waals surface area contributed by atoms with Crippen molar-refractivity contribution >= 4 is 28.9 Å². The van der Waals surface area contributed by atoms with Crippen molar-refractivity contribution < 1.29 is 60.9 Å². The van der Waals surface area contributed by atoms with E-state index in [-0.39, 0.29) is 18.3 Å². The Morgan fingerprint density at radius 2 is 1.03 bits per heavy atom. The molecule has 230 valence electrons. The molecule has 1 aliphatic rings. The Balaban J connectivity index is 0.000000793. The molecule has 1 saturated heterocycles. The fourth-order valence-corrected chi connectivity index (χ4v) is 8.99. The minimum Gasteiger partial charge on any atom is -0.421 e. The van der Waals surface area contributed by atoms with Gasteiger partial charge in [-0.15, -0.1) is 0 Å². The molecule has 0 bridgehead atoms. The van der Waals surface area contributed by atoms with Crippen LogP contribution >= 0.6 is 0 Å². The molecule has 1 heterocycles. The van der Waals surface area contributed by atoms with E-state index in [1.807, 2.05) is 0 Å². The van der Waals surface area contributed by atoms with Gasteiger partial charge < -0.3 is 21.9 Å². The van der Waals surface area contributed by atoms with Gasteiger partial charge in [-0.25, -0.2) is 16.8 Å². The highest BCUT2D eigenvalue weighted by atomic mass is 32.3. The van der Waals surface area contributed by atoms with Crippen molar-refractivity contribution in [1.29, 1.82) is 0 Å². The van der Waals surface area contributed by atoms with Crippen molar-refractivity contribution in [3.05, 3.63) is 4.13 Å². The molecular weight excluding hydrogens is 586 g/mol. The maximum atomic E-state index is 11.4. The first kappa shape index (κ1) is 37.5. The van der Waals surface area contributed by atoms with Crippen molar-refractivity contribution in [2.24, 2.45) is 0 Å². The molecule has 18 heteroatoms. The van der Waals surface area contributed by atoms with E-state index in [0.29, 0.717) is 0 Å². The van der Waals surface area contributed by atoms with Crippen LogP contribution in [0, 0.1) is 0 Å². The number of likely N-dealkylation sites (tertiary alicyclic amines) is 1. The second kappa shape index (κ2) is 14.4. The van der Waals surface area contributed by atoms with E-state index >= 15 is 0 Å². The molecule has 0 aromatic heterocycles. The lowest BCUT2D eigenvalue weighted by Crippen LogP contribution is -2.63. The molecule has 0 amide bonds. The van der Waals surface area contributed by atoms with Gasteiger partial charge in [0.2, 0.25) is 0 Å².